The molecule has 1 fully saturated rings. The van der Waals surface area contributed by atoms with Crippen LogP contribution >= 0.6 is 15.9 Å². The highest BCUT2D eigenvalue weighted by molar-refractivity contribution is 9.09. The molecule has 1 rings (SSSR count). The highest BCUT2D eigenvalue weighted by Crippen LogP contribution is 2.39. The molecule has 1 nitrogen and oxygen atoms in total. The van der Waals surface area contributed by atoms with Crippen molar-refractivity contribution in [3.8, 4) is 0 Å². The monoisotopic (exact) mass is 220 g/mol. The molecule has 0 unspecified atom stereocenters. The quantitative estimate of drug-likeness (QED) is 0.665. The van der Waals surface area contributed by atoms with E-state index in [4.69, 9.17) is 4.74 Å². The molecule has 0 amide bonds. The SMILES string of the molecule is CCC1(CC)CO[C@H](CBr)C1. The van der Waals surface area contributed by atoms with Gasteiger partial charge in [-0.1, -0.05) is 29.8 Å². The Bertz CT molecular complexity index is 121. The molecule has 0 radical (unpaired) electrons. The highest BCUT2D eigenvalue weighted by Gasteiger charge is 2.36. The fourth-order valence-electron chi connectivity index (χ4n) is 1.74. The van der Waals surface area contributed by atoms with Crippen LogP contribution in [0.3, 0.4) is 0 Å². The molecule has 1 atom stereocenters. The van der Waals surface area contributed by atoms with Gasteiger partial charge in [-0.25, -0.2) is 0 Å². The number of hydrogen-bond donors (Lipinski definition) is 0. The van der Waals surface area contributed by atoms with Crippen LogP contribution in [0.4, 0.5) is 0 Å². The first-order valence-electron chi connectivity index (χ1n) is 4.44. The Morgan fingerprint density at radius 3 is 2.36 bits per heavy atom. The van der Waals surface area contributed by atoms with Crippen molar-refractivity contribution in [2.75, 3.05) is 11.9 Å². The molecule has 11 heavy (non-hydrogen) atoms. The van der Waals surface area contributed by atoms with Gasteiger partial charge in [0.15, 0.2) is 0 Å². The molecule has 0 saturated carbocycles. The molecular formula is C9H17BrO. The second-order valence-corrected chi connectivity index (χ2v) is 4.15. The van der Waals surface area contributed by atoms with E-state index in [-0.39, 0.29) is 0 Å². The van der Waals surface area contributed by atoms with E-state index in [1.807, 2.05) is 0 Å². The third-order valence-corrected chi connectivity index (χ3v) is 3.68. The minimum atomic E-state index is 0.467. The fourth-order valence-corrected chi connectivity index (χ4v) is 2.15. The van der Waals surface area contributed by atoms with Crippen LogP contribution in [0, 0.1) is 5.41 Å². The first-order valence-corrected chi connectivity index (χ1v) is 5.56. The van der Waals surface area contributed by atoms with Crippen molar-refractivity contribution in [1.82, 2.24) is 0 Å². The first-order chi connectivity index (χ1) is 5.26. The van der Waals surface area contributed by atoms with E-state index < -0.39 is 0 Å². The smallest absolute Gasteiger partial charge is 0.0678 e. The summed E-state index contributed by atoms with van der Waals surface area (Å²) in [6, 6.07) is 0. The molecule has 66 valence electrons. The van der Waals surface area contributed by atoms with Crippen molar-refractivity contribution in [3.63, 3.8) is 0 Å². The lowest BCUT2D eigenvalue weighted by Gasteiger charge is -2.23. The maximum absolute atomic E-state index is 5.65. The maximum Gasteiger partial charge on any atom is 0.0678 e. The summed E-state index contributed by atoms with van der Waals surface area (Å²) < 4.78 is 5.65. The van der Waals surface area contributed by atoms with Gasteiger partial charge in [0.1, 0.15) is 0 Å². The van der Waals surface area contributed by atoms with Gasteiger partial charge in [0.05, 0.1) is 12.7 Å². The van der Waals surface area contributed by atoms with Gasteiger partial charge < -0.3 is 4.74 Å². The van der Waals surface area contributed by atoms with E-state index >= 15 is 0 Å². The van der Waals surface area contributed by atoms with Gasteiger partial charge in [0.2, 0.25) is 0 Å². The van der Waals surface area contributed by atoms with Gasteiger partial charge in [0.25, 0.3) is 0 Å². The van der Waals surface area contributed by atoms with Crippen LogP contribution in [0.15, 0.2) is 0 Å². The van der Waals surface area contributed by atoms with Gasteiger partial charge in [0, 0.05) is 5.33 Å². The molecule has 0 spiro atoms. The Labute approximate surface area is 77.6 Å². The molecule has 1 aliphatic heterocycles. The second kappa shape index (κ2) is 3.90. The third-order valence-electron chi connectivity index (χ3n) is 2.96. The van der Waals surface area contributed by atoms with Crippen LogP contribution in [0.25, 0.3) is 0 Å². The molecule has 0 bridgehead atoms. The van der Waals surface area contributed by atoms with E-state index in [2.05, 4.69) is 29.8 Å². The number of ether oxygens (including phenoxy) is 1. The summed E-state index contributed by atoms with van der Waals surface area (Å²) in [7, 11) is 0. The molecule has 0 aromatic rings. The number of rotatable bonds is 3. The van der Waals surface area contributed by atoms with E-state index in [1.54, 1.807) is 0 Å². The lowest BCUT2D eigenvalue weighted by Crippen LogP contribution is -2.18. The van der Waals surface area contributed by atoms with Crippen LogP contribution in [0.2, 0.25) is 0 Å². The van der Waals surface area contributed by atoms with Crippen molar-refractivity contribution < 1.29 is 4.74 Å². The highest BCUT2D eigenvalue weighted by atomic mass is 79.9. The predicted octanol–water partition coefficient (Wildman–Crippen LogP) is 2.98. The molecule has 1 aliphatic rings. The minimum absolute atomic E-state index is 0.467. The summed E-state index contributed by atoms with van der Waals surface area (Å²) in [5.41, 5.74) is 0.498. The molecule has 0 aromatic carbocycles. The summed E-state index contributed by atoms with van der Waals surface area (Å²) in [6.07, 6.45) is 4.22. The van der Waals surface area contributed by atoms with Gasteiger partial charge in [-0.3, -0.25) is 0 Å². The van der Waals surface area contributed by atoms with Crippen molar-refractivity contribution in [2.45, 2.75) is 39.2 Å². The zero-order chi connectivity index (χ0) is 8.32. The molecule has 0 aliphatic carbocycles. The van der Waals surface area contributed by atoms with E-state index in [1.165, 1.54) is 19.3 Å². The van der Waals surface area contributed by atoms with Crippen LogP contribution in [0.5, 0.6) is 0 Å². The summed E-state index contributed by atoms with van der Waals surface area (Å²) in [5, 5.41) is 0.995. The van der Waals surface area contributed by atoms with Crippen molar-refractivity contribution in [3.05, 3.63) is 0 Å². The van der Waals surface area contributed by atoms with Crippen LogP contribution in [-0.4, -0.2) is 18.0 Å². The van der Waals surface area contributed by atoms with Crippen LogP contribution in [-0.2, 0) is 4.74 Å². The topological polar surface area (TPSA) is 9.23 Å². The Hall–Kier alpha value is 0.440. The minimum Gasteiger partial charge on any atom is -0.377 e. The van der Waals surface area contributed by atoms with Crippen LogP contribution in [0.1, 0.15) is 33.1 Å². The van der Waals surface area contributed by atoms with Gasteiger partial charge in [-0.15, -0.1) is 0 Å². The van der Waals surface area contributed by atoms with Crippen LogP contribution < -0.4 is 0 Å². The normalized spacial score (nSPS) is 29.2. The largest absolute Gasteiger partial charge is 0.377 e. The predicted molar refractivity (Wildman–Crippen MR) is 51.2 cm³/mol. The lowest BCUT2D eigenvalue weighted by atomic mass is 9.81. The molecular weight excluding hydrogens is 204 g/mol. The van der Waals surface area contributed by atoms with Gasteiger partial charge >= 0.3 is 0 Å². The number of halogens is 1. The van der Waals surface area contributed by atoms with E-state index in [0.717, 1.165) is 11.9 Å². The zero-order valence-electron chi connectivity index (χ0n) is 7.40. The summed E-state index contributed by atoms with van der Waals surface area (Å²) >= 11 is 3.46. The molecule has 1 heterocycles. The zero-order valence-corrected chi connectivity index (χ0v) is 8.99. The van der Waals surface area contributed by atoms with Gasteiger partial charge in [-0.2, -0.15) is 0 Å². The van der Waals surface area contributed by atoms with Gasteiger partial charge in [-0.05, 0) is 24.7 Å². The molecule has 2 heteroatoms. The lowest BCUT2D eigenvalue weighted by molar-refractivity contribution is 0.106. The van der Waals surface area contributed by atoms with Crippen molar-refractivity contribution >= 4 is 15.9 Å². The Balaban J connectivity index is 2.48. The Morgan fingerprint density at radius 1 is 1.45 bits per heavy atom. The molecule has 0 N–H and O–H groups in total. The average Bonchev–Trinajstić information content (AvgIpc) is 2.49. The molecule has 0 aromatic heterocycles. The average molecular weight is 221 g/mol. The van der Waals surface area contributed by atoms with Crippen molar-refractivity contribution in [2.24, 2.45) is 5.41 Å². The maximum atomic E-state index is 5.65. The molecule has 1 saturated heterocycles. The Kier molecular flexibility index (Phi) is 3.38. The standard InChI is InChI=1S/C9H17BrO/c1-3-9(4-2)5-8(6-10)11-7-9/h8H,3-7H2,1-2H3/t8-/m0/s1. The Morgan fingerprint density at radius 2 is 2.09 bits per heavy atom. The van der Waals surface area contributed by atoms with E-state index in [9.17, 15) is 0 Å². The fraction of sp³-hybridized carbons (Fsp3) is 1.00. The second-order valence-electron chi connectivity index (χ2n) is 3.50. The summed E-state index contributed by atoms with van der Waals surface area (Å²) in [5.74, 6) is 0. The first kappa shape index (κ1) is 9.53. The third kappa shape index (κ3) is 1.97. The number of alkyl halides is 1. The summed E-state index contributed by atoms with van der Waals surface area (Å²) in [4.78, 5) is 0. The van der Waals surface area contributed by atoms with E-state index in [0.29, 0.717) is 11.5 Å². The number of hydrogen-bond acceptors (Lipinski definition) is 1. The van der Waals surface area contributed by atoms with Crippen molar-refractivity contribution in [1.29, 1.82) is 0 Å². The summed E-state index contributed by atoms with van der Waals surface area (Å²) in [6.45, 7) is 5.50.